The molecule has 0 rings (SSSR count). The van der Waals surface area contributed by atoms with E-state index in [4.69, 9.17) is 0 Å². The van der Waals surface area contributed by atoms with E-state index in [2.05, 4.69) is 17.1 Å². The van der Waals surface area contributed by atoms with Gasteiger partial charge < -0.3 is 4.84 Å². The molecule has 0 aliphatic carbocycles. The predicted octanol–water partition coefficient (Wildman–Crippen LogP) is 1.05. The highest BCUT2D eigenvalue weighted by molar-refractivity contribution is 8.12. The zero-order valence-electron chi connectivity index (χ0n) is 5.49. The maximum atomic E-state index is 10.4. The molecule has 4 nitrogen and oxygen atoms in total. The molecule has 6 heteroatoms. The second-order valence-corrected chi connectivity index (χ2v) is 2.40. The molecular formula is C4H6NO3S2. The molecule has 0 unspecified atom stereocenters. The van der Waals surface area contributed by atoms with Crippen LogP contribution in [0.15, 0.2) is 0 Å². The summed E-state index contributed by atoms with van der Waals surface area (Å²) in [4.78, 5) is 14.8. The zero-order chi connectivity index (χ0) is 8.15. The lowest BCUT2D eigenvalue weighted by molar-refractivity contribution is -0.0147. The third kappa shape index (κ3) is 3.52. The number of nitrogens with zero attached hydrogens (tertiary/aromatic N) is 1. The summed E-state index contributed by atoms with van der Waals surface area (Å²) in [6.45, 7) is 0. The van der Waals surface area contributed by atoms with Crippen LogP contribution in [0.3, 0.4) is 0 Å². The van der Waals surface area contributed by atoms with Crippen molar-refractivity contribution < 1.29 is 14.7 Å². The normalized spacial score (nSPS) is 8.60. The fourth-order valence-electron chi connectivity index (χ4n) is 0.186. The Balaban J connectivity index is 3.68. The number of hydrogen-bond donors (Lipinski definition) is 0. The SMILES string of the molecule is CSC(=O)ON(C)C([O])=S. The third-order valence-corrected chi connectivity index (χ3v) is 1.30. The third-order valence-electron chi connectivity index (χ3n) is 0.635. The highest BCUT2D eigenvalue weighted by Crippen LogP contribution is 2.00. The summed E-state index contributed by atoms with van der Waals surface area (Å²) < 4.78 is 0. The molecule has 0 saturated carbocycles. The Morgan fingerprint density at radius 3 is 2.50 bits per heavy atom. The molecule has 10 heavy (non-hydrogen) atoms. The molecule has 0 aliphatic rings. The van der Waals surface area contributed by atoms with Crippen LogP contribution < -0.4 is 0 Å². The number of hydrogen-bond acceptors (Lipinski definition) is 4. The number of carbonyl (C=O) groups is 1. The first-order chi connectivity index (χ1) is 4.57. The number of carbonyl (C=O) groups excluding carboxylic acids is 1. The van der Waals surface area contributed by atoms with Crippen molar-refractivity contribution in [2.75, 3.05) is 13.3 Å². The van der Waals surface area contributed by atoms with Crippen LogP contribution in [0.1, 0.15) is 0 Å². The summed E-state index contributed by atoms with van der Waals surface area (Å²) in [5.74, 6) is 0. The maximum Gasteiger partial charge on any atom is 0.391 e. The minimum absolute atomic E-state index is 0.555. The van der Waals surface area contributed by atoms with Crippen molar-refractivity contribution in [3.05, 3.63) is 0 Å². The van der Waals surface area contributed by atoms with Crippen LogP contribution in [0.25, 0.3) is 0 Å². The van der Waals surface area contributed by atoms with E-state index in [1.54, 1.807) is 6.26 Å². The highest BCUT2D eigenvalue weighted by Gasteiger charge is 2.08. The predicted molar refractivity (Wildman–Crippen MR) is 41.0 cm³/mol. The molecule has 0 aromatic carbocycles. The fraction of sp³-hybridized carbons (Fsp3) is 0.500. The van der Waals surface area contributed by atoms with Gasteiger partial charge in [0.15, 0.2) is 0 Å². The highest BCUT2D eigenvalue weighted by atomic mass is 32.2. The summed E-state index contributed by atoms with van der Waals surface area (Å²) >= 11 is 5.04. The van der Waals surface area contributed by atoms with Crippen molar-refractivity contribution in [2.24, 2.45) is 0 Å². The van der Waals surface area contributed by atoms with Crippen LogP contribution in [0.2, 0.25) is 0 Å². The zero-order valence-corrected chi connectivity index (χ0v) is 7.12. The number of thioether (sulfide) groups is 1. The molecule has 0 atom stereocenters. The topological polar surface area (TPSA) is 49.4 Å². The maximum absolute atomic E-state index is 10.4. The van der Waals surface area contributed by atoms with Gasteiger partial charge in [0.25, 0.3) is 0 Å². The Hall–Kier alpha value is -0.490. The monoisotopic (exact) mass is 180 g/mol. The summed E-state index contributed by atoms with van der Waals surface area (Å²) in [6.07, 6.45) is 1.55. The van der Waals surface area contributed by atoms with Gasteiger partial charge in [-0.2, -0.15) is 5.06 Å². The minimum atomic E-state index is -0.720. The lowest BCUT2D eigenvalue weighted by atomic mass is 11.1. The average molecular weight is 180 g/mol. The first-order valence-corrected chi connectivity index (χ1v) is 3.92. The van der Waals surface area contributed by atoms with Crippen molar-refractivity contribution in [3.63, 3.8) is 0 Å². The summed E-state index contributed by atoms with van der Waals surface area (Å²) in [6, 6.07) is 0. The largest absolute Gasteiger partial charge is 0.391 e. The molecule has 0 aliphatic heterocycles. The standard InChI is InChI=1S/C4H6NO3S2/c1-5(3(6)9)8-4(7)10-2/h1-2H3. The first kappa shape index (κ1) is 9.51. The van der Waals surface area contributed by atoms with Gasteiger partial charge in [0.1, 0.15) is 0 Å². The van der Waals surface area contributed by atoms with E-state index in [1.807, 2.05) is 0 Å². The Kier molecular flexibility index (Phi) is 4.13. The van der Waals surface area contributed by atoms with E-state index in [1.165, 1.54) is 7.05 Å². The molecule has 0 aromatic rings. The molecule has 0 heterocycles. The second kappa shape index (κ2) is 4.35. The molecule has 0 spiro atoms. The van der Waals surface area contributed by atoms with E-state index in [9.17, 15) is 9.90 Å². The van der Waals surface area contributed by atoms with Crippen LogP contribution in [0, 0.1) is 0 Å². The lowest BCUT2D eigenvalue weighted by Crippen LogP contribution is -2.25. The van der Waals surface area contributed by atoms with Gasteiger partial charge in [-0.25, -0.2) is 4.79 Å². The van der Waals surface area contributed by atoms with E-state index < -0.39 is 10.5 Å². The Labute approximate surface area is 68.1 Å². The quantitative estimate of drug-likeness (QED) is 0.412. The number of hydroxylamine groups is 2. The van der Waals surface area contributed by atoms with Crippen LogP contribution >= 0.6 is 24.0 Å². The summed E-state index contributed by atoms with van der Waals surface area (Å²) in [7, 11) is 1.28. The van der Waals surface area contributed by atoms with E-state index >= 15 is 0 Å². The minimum Gasteiger partial charge on any atom is -0.326 e. The van der Waals surface area contributed by atoms with Gasteiger partial charge in [-0.15, -0.1) is 0 Å². The van der Waals surface area contributed by atoms with Crippen LogP contribution in [0.5, 0.6) is 0 Å². The molecular weight excluding hydrogens is 174 g/mol. The van der Waals surface area contributed by atoms with E-state index in [0.29, 0.717) is 5.06 Å². The van der Waals surface area contributed by atoms with Crippen molar-refractivity contribution in [1.82, 2.24) is 5.06 Å². The smallest absolute Gasteiger partial charge is 0.326 e. The first-order valence-electron chi connectivity index (χ1n) is 2.28. The molecule has 57 valence electrons. The molecule has 0 saturated heterocycles. The van der Waals surface area contributed by atoms with Gasteiger partial charge in [0, 0.05) is 7.05 Å². The molecule has 0 amide bonds. The number of thiocarbonyl (C=S) groups is 1. The van der Waals surface area contributed by atoms with E-state index in [0.717, 1.165) is 11.8 Å². The van der Waals surface area contributed by atoms with Gasteiger partial charge in [-0.05, 0) is 30.2 Å². The molecule has 0 bridgehead atoms. The summed E-state index contributed by atoms with van der Waals surface area (Å²) in [5.41, 5.74) is 0. The van der Waals surface area contributed by atoms with Crippen molar-refractivity contribution in [2.45, 2.75) is 0 Å². The van der Waals surface area contributed by atoms with Gasteiger partial charge >= 0.3 is 10.5 Å². The molecule has 0 aromatic heterocycles. The van der Waals surface area contributed by atoms with Gasteiger partial charge in [0.05, 0.1) is 0 Å². The van der Waals surface area contributed by atoms with E-state index in [-0.39, 0.29) is 0 Å². The van der Waals surface area contributed by atoms with Crippen molar-refractivity contribution in [1.29, 1.82) is 0 Å². The molecule has 0 N–H and O–H groups in total. The second-order valence-electron chi connectivity index (χ2n) is 1.31. The Morgan fingerprint density at radius 1 is 1.70 bits per heavy atom. The Morgan fingerprint density at radius 2 is 2.20 bits per heavy atom. The molecule has 1 radical (unpaired) electrons. The number of rotatable bonds is 0. The van der Waals surface area contributed by atoms with Crippen molar-refractivity contribution in [3.8, 4) is 0 Å². The Bertz CT molecular complexity index is 149. The lowest BCUT2D eigenvalue weighted by Gasteiger charge is -2.10. The van der Waals surface area contributed by atoms with Gasteiger partial charge in [0.2, 0.25) is 0 Å². The van der Waals surface area contributed by atoms with Gasteiger partial charge in [-0.3, -0.25) is 5.11 Å². The fourth-order valence-corrected chi connectivity index (χ4v) is 0.410. The molecule has 0 fully saturated rings. The van der Waals surface area contributed by atoms with Crippen LogP contribution in [-0.4, -0.2) is 28.8 Å². The average Bonchev–Trinajstić information content (AvgIpc) is 1.87. The van der Waals surface area contributed by atoms with Gasteiger partial charge in [-0.1, -0.05) is 0 Å². The van der Waals surface area contributed by atoms with Crippen LogP contribution in [0.4, 0.5) is 4.79 Å². The van der Waals surface area contributed by atoms with Crippen LogP contribution in [-0.2, 0) is 9.94 Å². The van der Waals surface area contributed by atoms with Crippen molar-refractivity contribution >= 4 is 34.5 Å². The summed E-state index contributed by atoms with van der Waals surface area (Å²) in [5, 5.41) is 9.68.